The van der Waals surface area contributed by atoms with Crippen molar-refractivity contribution < 1.29 is 9.28 Å². The first-order valence-electron chi connectivity index (χ1n) is 2.74. The number of nitrogens with zero attached hydrogens (tertiary/aromatic N) is 1. The van der Waals surface area contributed by atoms with Crippen LogP contribution in [0.3, 0.4) is 0 Å². The van der Waals surface area contributed by atoms with Crippen LogP contribution in [0.2, 0.25) is 0 Å². The van der Waals surface area contributed by atoms with Crippen molar-refractivity contribution in [1.82, 2.24) is 5.12 Å². The average Bonchev–Trinajstić information content (AvgIpc) is 1.87. The van der Waals surface area contributed by atoms with Crippen molar-refractivity contribution in [3.63, 3.8) is 0 Å². The maximum atomic E-state index is 12.1. The highest BCUT2D eigenvalue weighted by molar-refractivity contribution is 6.18. The zero-order valence-electron chi connectivity index (χ0n) is 5.23. The van der Waals surface area contributed by atoms with E-state index < -0.39 is 5.91 Å². The van der Waals surface area contributed by atoms with E-state index in [0.717, 1.165) is 0 Å². The van der Waals surface area contributed by atoms with E-state index in [0.29, 0.717) is 6.42 Å². The number of carbonyl (C=O) groups excluding carboxylic acids is 1. The lowest BCUT2D eigenvalue weighted by Crippen LogP contribution is -2.20. The zero-order chi connectivity index (χ0) is 7.28. The van der Waals surface area contributed by atoms with Gasteiger partial charge in [0, 0.05) is 6.42 Å². The molecule has 1 amide bonds. The highest BCUT2D eigenvalue weighted by Gasteiger charge is 2.08. The molecule has 54 valence electrons. The largest absolute Gasteiger partial charge is 0.272 e. The Kier molecular flexibility index (Phi) is 4.40. The van der Waals surface area contributed by atoms with Crippen LogP contribution in [0.4, 0.5) is 4.48 Å². The van der Waals surface area contributed by atoms with Gasteiger partial charge in [-0.2, -0.15) is 5.12 Å². The molecule has 0 heterocycles. The molecule has 9 heavy (non-hydrogen) atoms. The van der Waals surface area contributed by atoms with E-state index in [4.69, 9.17) is 11.6 Å². The van der Waals surface area contributed by atoms with Gasteiger partial charge in [0.1, 0.15) is 6.00 Å². The Balaban J connectivity index is 3.46. The van der Waals surface area contributed by atoms with Gasteiger partial charge in [0.25, 0.3) is 5.91 Å². The third-order valence-corrected chi connectivity index (χ3v) is 1.05. The van der Waals surface area contributed by atoms with E-state index in [1.165, 1.54) is 0 Å². The molecule has 0 aliphatic rings. The normalized spacial score (nSPS) is 9.22. The quantitative estimate of drug-likeness (QED) is 0.343. The summed E-state index contributed by atoms with van der Waals surface area (Å²) in [6.07, 6.45) is 0.874. The van der Waals surface area contributed by atoms with Gasteiger partial charge in [0.05, 0.1) is 0 Å². The van der Waals surface area contributed by atoms with E-state index in [2.05, 4.69) is 0 Å². The van der Waals surface area contributed by atoms with Crippen LogP contribution in [0.25, 0.3) is 0 Å². The summed E-state index contributed by atoms with van der Waals surface area (Å²) in [7, 11) is 0. The minimum atomic E-state index is -0.549. The smallest absolute Gasteiger partial charge is 0.251 e. The molecule has 0 rings (SSSR count). The monoisotopic (exact) mass is 153 g/mol. The molecule has 0 aromatic heterocycles. The molecule has 2 nitrogen and oxygen atoms in total. The number of halogens is 2. The van der Waals surface area contributed by atoms with Gasteiger partial charge < -0.3 is 0 Å². The predicted molar refractivity (Wildman–Crippen MR) is 33.6 cm³/mol. The van der Waals surface area contributed by atoms with Crippen LogP contribution in [0, 0.1) is 0 Å². The Morgan fingerprint density at radius 2 is 2.33 bits per heavy atom. The van der Waals surface area contributed by atoms with Gasteiger partial charge in [0.15, 0.2) is 0 Å². The highest BCUT2D eigenvalue weighted by Crippen LogP contribution is 1.98. The van der Waals surface area contributed by atoms with Crippen molar-refractivity contribution in [2.75, 3.05) is 6.00 Å². The number of amides is 1. The average molecular weight is 154 g/mol. The van der Waals surface area contributed by atoms with E-state index >= 15 is 0 Å². The SMILES string of the molecule is CCCC(=O)N(F)CCl. The molecule has 0 saturated carbocycles. The first-order valence-corrected chi connectivity index (χ1v) is 3.28. The van der Waals surface area contributed by atoms with Crippen molar-refractivity contribution in [2.45, 2.75) is 19.8 Å². The molecule has 0 atom stereocenters. The van der Waals surface area contributed by atoms with Crippen LogP contribution in [0.5, 0.6) is 0 Å². The maximum Gasteiger partial charge on any atom is 0.251 e. The van der Waals surface area contributed by atoms with Gasteiger partial charge >= 0.3 is 0 Å². The molecule has 0 fully saturated rings. The van der Waals surface area contributed by atoms with E-state index in [-0.39, 0.29) is 17.5 Å². The summed E-state index contributed by atoms with van der Waals surface area (Å²) in [5.74, 6) is -0.549. The Morgan fingerprint density at radius 3 is 2.67 bits per heavy atom. The molecular weight excluding hydrogens is 145 g/mol. The summed E-state index contributed by atoms with van der Waals surface area (Å²) in [6.45, 7) is 1.81. The summed E-state index contributed by atoms with van der Waals surface area (Å²) < 4.78 is 12.1. The second-order valence-corrected chi connectivity index (χ2v) is 1.86. The van der Waals surface area contributed by atoms with E-state index in [1.807, 2.05) is 0 Å². The Hall–Kier alpha value is -0.310. The van der Waals surface area contributed by atoms with Gasteiger partial charge in [-0.15, -0.1) is 0 Å². The van der Waals surface area contributed by atoms with Crippen molar-refractivity contribution in [3.05, 3.63) is 0 Å². The third kappa shape index (κ3) is 3.30. The van der Waals surface area contributed by atoms with E-state index in [1.54, 1.807) is 6.92 Å². The fourth-order valence-corrected chi connectivity index (χ4v) is 0.535. The second kappa shape index (κ2) is 4.56. The molecule has 0 spiro atoms. The van der Waals surface area contributed by atoms with Gasteiger partial charge in [0.2, 0.25) is 0 Å². The van der Waals surface area contributed by atoms with Crippen LogP contribution < -0.4 is 0 Å². The molecule has 4 heteroatoms. The Morgan fingerprint density at radius 1 is 1.78 bits per heavy atom. The van der Waals surface area contributed by atoms with Crippen LogP contribution in [-0.4, -0.2) is 17.0 Å². The van der Waals surface area contributed by atoms with Gasteiger partial charge in [-0.3, -0.25) is 4.79 Å². The standard InChI is InChI=1S/C5H9ClFNO/c1-2-3-5(9)8(7)4-6/h2-4H2,1H3. The second-order valence-electron chi connectivity index (χ2n) is 1.63. The minimum Gasteiger partial charge on any atom is -0.272 e. The third-order valence-electron chi connectivity index (χ3n) is 0.839. The number of carbonyl (C=O) groups is 1. The number of alkyl halides is 1. The molecule has 0 aliphatic carbocycles. The van der Waals surface area contributed by atoms with Crippen molar-refractivity contribution >= 4 is 17.5 Å². The van der Waals surface area contributed by atoms with Crippen molar-refractivity contribution in [3.8, 4) is 0 Å². The lowest BCUT2D eigenvalue weighted by molar-refractivity contribution is -0.144. The van der Waals surface area contributed by atoms with Gasteiger partial charge in [-0.25, -0.2) is 0 Å². The first-order chi connectivity index (χ1) is 4.22. The lowest BCUT2D eigenvalue weighted by atomic mass is 10.3. The summed E-state index contributed by atoms with van der Waals surface area (Å²) >= 11 is 5.01. The zero-order valence-corrected chi connectivity index (χ0v) is 5.99. The van der Waals surface area contributed by atoms with Crippen molar-refractivity contribution in [1.29, 1.82) is 0 Å². The summed E-state index contributed by atoms with van der Waals surface area (Å²) in [4.78, 5) is 10.4. The Bertz CT molecular complexity index is 99.0. The first kappa shape index (κ1) is 8.69. The summed E-state index contributed by atoms with van der Waals surface area (Å²) in [5.41, 5.74) is 0. The Labute approximate surface area is 58.5 Å². The fraction of sp³-hybridized carbons (Fsp3) is 0.800. The molecule has 0 N–H and O–H groups in total. The van der Waals surface area contributed by atoms with E-state index in [9.17, 15) is 9.28 Å². The van der Waals surface area contributed by atoms with Gasteiger partial charge in [-0.05, 0) is 6.42 Å². The minimum absolute atomic E-state index is 0.00502. The van der Waals surface area contributed by atoms with Crippen molar-refractivity contribution in [2.24, 2.45) is 0 Å². The molecule has 0 aromatic rings. The number of hydrogen-bond acceptors (Lipinski definition) is 1. The maximum absolute atomic E-state index is 12.1. The molecule has 0 aromatic carbocycles. The van der Waals surface area contributed by atoms with Crippen LogP contribution in [0.15, 0.2) is 0 Å². The molecular formula is C5H9ClFNO. The van der Waals surface area contributed by atoms with Crippen LogP contribution >= 0.6 is 11.6 Å². The molecule has 0 bridgehead atoms. The van der Waals surface area contributed by atoms with Crippen LogP contribution in [-0.2, 0) is 4.79 Å². The summed E-state index contributed by atoms with van der Waals surface area (Å²) in [5, 5.41) is 0.00502. The highest BCUT2D eigenvalue weighted by atomic mass is 35.5. The molecule has 0 unspecified atom stereocenters. The number of rotatable bonds is 3. The molecule has 0 aliphatic heterocycles. The van der Waals surface area contributed by atoms with Gasteiger partial charge in [-0.1, -0.05) is 23.0 Å². The fourth-order valence-electron chi connectivity index (χ4n) is 0.402. The molecule has 0 saturated heterocycles. The summed E-state index contributed by atoms with van der Waals surface area (Å²) in [6, 6.07) is -0.376. The van der Waals surface area contributed by atoms with Crippen LogP contribution in [0.1, 0.15) is 19.8 Å². The predicted octanol–water partition coefficient (Wildman–Crippen LogP) is 1.70. The number of hydrogen-bond donors (Lipinski definition) is 0. The lowest BCUT2D eigenvalue weighted by Gasteiger charge is -2.04. The topological polar surface area (TPSA) is 20.3 Å². The molecule has 0 radical (unpaired) electrons.